The van der Waals surface area contributed by atoms with Gasteiger partial charge in [-0.2, -0.15) is 0 Å². The molecule has 0 aromatic heterocycles. The number of rotatable bonds is 13. The summed E-state index contributed by atoms with van der Waals surface area (Å²) < 4.78 is 17.3. The van der Waals surface area contributed by atoms with E-state index in [1.54, 1.807) is 5.57 Å². The van der Waals surface area contributed by atoms with Gasteiger partial charge in [-0.15, -0.1) is 0 Å². The molecule has 3 fully saturated rings. The molecule has 7 unspecified atom stereocenters. The van der Waals surface area contributed by atoms with Crippen molar-refractivity contribution < 1.29 is 19.0 Å². The van der Waals surface area contributed by atoms with Crippen LogP contribution in [0.3, 0.4) is 0 Å². The molecular formula is C34H57ClO4. The molecule has 7 atom stereocenters. The maximum absolute atomic E-state index is 8.86. The first-order valence-corrected chi connectivity index (χ1v) is 16.5. The minimum atomic E-state index is 0.386. The number of allylic oxidation sites excluding steroid dienone is 1. The van der Waals surface area contributed by atoms with Crippen molar-refractivity contribution in [1.29, 1.82) is 0 Å². The molecule has 0 aromatic rings. The summed E-state index contributed by atoms with van der Waals surface area (Å²) in [7, 11) is 0. The van der Waals surface area contributed by atoms with Crippen LogP contribution < -0.4 is 0 Å². The van der Waals surface area contributed by atoms with Gasteiger partial charge in [-0.3, -0.25) is 0 Å². The van der Waals surface area contributed by atoms with E-state index in [-0.39, 0.29) is 0 Å². The number of unbranched alkanes of at least 4 members (excludes halogenated alkanes) is 1. The maximum atomic E-state index is 8.86. The first kappa shape index (κ1) is 32.9. The summed E-state index contributed by atoms with van der Waals surface area (Å²) in [5.41, 5.74) is 3.57. The van der Waals surface area contributed by atoms with E-state index in [1.165, 1.54) is 76.6 Å². The zero-order chi connectivity index (χ0) is 28.3. The lowest BCUT2D eigenvalue weighted by Crippen LogP contribution is -2.50. The molecular weight excluding hydrogens is 508 g/mol. The highest BCUT2D eigenvalue weighted by atomic mass is 35.5. The Morgan fingerprint density at radius 1 is 1.03 bits per heavy atom. The molecule has 0 bridgehead atoms. The van der Waals surface area contributed by atoms with Gasteiger partial charge >= 0.3 is 0 Å². The summed E-state index contributed by atoms with van der Waals surface area (Å²) in [6.45, 7) is 15.6. The summed E-state index contributed by atoms with van der Waals surface area (Å²) in [6, 6.07) is 0. The zero-order valence-corrected chi connectivity index (χ0v) is 26.4. The van der Waals surface area contributed by atoms with Crippen molar-refractivity contribution in [2.24, 2.45) is 40.4 Å². The molecule has 0 heterocycles. The standard InChI is InChI=1S/C32H56O3.C2HClO/c1-6-33-19-20-34-21-22-35-27-15-17-32(5)26(23-27)11-13-28-29-14-12-25(10-8-7-9-24(2)3)31(29,4)18-16-30(28)32;3-1-2-4/h11,24-25,27-30H,6-10,12-23H2,1-5H3;1H. The van der Waals surface area contributed by atoms with E-state index in [0.29, 0.717) is 43.4 Å². The molecule has 4 aliphatic rings. The van der Waals surface area contributed by atoms with Crippen LogP contribution >= 0.6 is 11.6 Å². The highest BCUT2D eigenvalue weighted by molar-refractivity contribution is 6.28. The molecule has 39 heavy (non-hydrogen) atoms. The molecule has 3 saturated carbocycles. The summed E-state index contributed by atoms with van der Waals surface area (Å²) in [5.74, 6) is 5.97. The number of hydrogen-bond donors (Lipinski definition) is 0. The largest absolute Gasteiger partial charge is 0.379 e. The van der Waals surface area contributed by atoms with Crippen LogP contribution in [0.15, 0.2) is 17.2 Å². The highest BCUT2D eigenvalue weighted by Gasteiger charge is 2.58. The average Bonchev–Trinajstić information content (AvgIpc) is 3.26. The Balaban J connectivity index is 0.000000983. The lowest BCUT2D eigenvalue weighted by Gasteiger charge is -2.58. The summed E-state index contributed by atoms with van der Waals surface area (Å²) >= 11 is 4.64. The fourth-order valence-electron chi connectivity index (χ4n) is 8.93. The summed E-state index contributed by atoms with van der Waals surface area (Å²) in [5, 5.41) is 0. The predicted octanol–water partition coefficient (Wildman–Crippen LogP) is 8.79. The molecule has 0 aliphatic heterocycles. The Bertz CT molecular complexity index is 805. The quantitative estimate of drug-likeness (QED) is 0.127. The second kappa shape index (κ2) is 16.1. The van der Waals surface area contributed by atoms with Gasteiger partial charge in [0, 0.05) is 6.61 Å². The lowest BCUT2D eigenvalue weighted by molar-refractivity contribution is -0.0647. The number of ether oxygens (including phenoxy) is 3. The Morgan fingerprint density at radius 3 is 2.49 bits per heavy atom. The van der Waals surface area contributed by atoms with E-state index < -0.39 is 0 Å². The molecule has 4 aliphatic carbocycles. The van der Waals surface area contributed by atoms with Gasteiger partial charge in [0.15, 0.2) is 0 Å². The van der Waals surface area contributed by atoms with Crippen LogP contribution in [-0.2, 0) is 19.0 Å². The number of fused-ring (bicyclic) bond motifs is 5. The minimum absolute atomic E-state index is 0.386. The van der Waals surface area contributed by atoms with Crippen LogP contribution in [0.2, 0.25) is 0 Å². The Morgan fingerprint density at radius 2 is 1.77 bits per heavy atom. The molecule has 5 heteroatoms. The van der Waals surface area contributed by atoms with Gasteiger partial charge in [0.05, 0.1) is 38.1 Å². The normalized spacial score (nSPS) is 35.2. The van der Waals surface area contributed by atoms with Gasteiger partial charge in [0.2, 0.25) is 0 Å². The van der Waals surface area contributed by atoms with Crippen LogP contribution in [0.4, 0.5) is 0 Å². The van der Waals surface area contributed by atoms with Crippen molar-refractivity contribution >= 4 is 17.5 Å². The predicted molar refractivity (Wildman–Crippen MR) is 162 cm³/mol. The van der Waals surface area contributed by atoms with Crippen LogP contribution in [-0.4, -0.2) is 45.1 Å². The van der Waals surface area contributed by atoms with Crippen LogP contribution in [0.1, 0.15) is 112 Å². The van der Waals surface area contributed by atoms with Gasteiger partial charge in [-0.1, -0.05) is 70.2 Å². The van der Waals surface area contributed by atoms with E-state index in [9.17, 15) is 0 Å². The van der Waals surface area contributed by atoms with Crippen molar-refractivity contribution in [3.8, 4) is 0 Å². The van der Waals surface area contributed by atoms with Crippen molar-refractivity contribution in [3.05, 3.63) is 17.2 Å². The topological polar surface area (TPSA) is 44.8 Å². The van der Waals surface area contributed by atoms with Crippen LogP contribution in [0.5, 0.6) is 0 Å². The first-order valence-electron chi connectivity index (χ1n) is 16.1. The van der Waals surface area contributed by atoms with E-state index in [2.05, 4.69) is 45.4 Å². The highest BCUT2D eigenvalue weighted by Crippen LogP contribution is 2.66. The van der Waals surface area contributed by atoms with Gasteiger partial charge in [0.25, 0.3) is 0 Å². The monoisotopic (exact) mass is 564 g/mol. The van der Waals surface area contributed by atoms with Gasteiger partial charge in [0.1, 0.15) is 5.94 Å². The molecule has 0 N–H and O–H groups in total. The van der Waals surface area contributed by atoms with Gasteiger partial charge in [-0.25, -0.2) is 4.79 Å². The molecule has 4 nitrogen and oxygen atoms in total. The second-order valence-electron chi connectivity index (χ2n) is 13.5. The number of carbonyl (C=O) groups excluding carboxylic acids is 1. The van der Waals surface area contributed by atoms with E-state index in [0.717, 1.165) is 48.2 Å². The third-order valence-electron chi connectivity index (χ3n) is 11.0. The minimum Gasteiger partial charge on any atom is -0.379 e. The number of hydrogen-bond acceptors (Lipinski definition) is 4. The van der Waals surface area contributed by atoms with Crippen LogP contribution in [0, 0.1) is 40.4 Å². The molecule has 0 amide bonds. The molecule has 224 valence electrons. The summed E-state index contributed by atoms with van der Waals surface area (Å²) in [6.07, 6.45) is 19.9. The third-order valence-corrected chi connectivity index (χ3v) is 11.1. The zero-order valence-electron chi connectivity index (χ0n) is 25.7. The fraction of sp³-hybridized carbons (Fsp3) is 0.882. The Labute approximate surface area is 244 Å². The first-order chi connectivity index (χ1) is 18.8. The molecule has 0 radical (unpaired) electrons. The maximum Gasteiger partial charge on any atom is 0.136 e. The number of halogens is 1. The third kappa shape index (κ3) is 8.45. The Hall–Kier alpha value is -0.640. The van der Waals surface area contributed by atoms with Crippen molar-refractivity contribution in [2.75, 3.05) is 33.0 Å². The van der Waals surface area contributed by atoms with E-state index >= 15 is 0 Å². The van der Waals surface area contributed by atoms with Gasteiger partial charge < -0.3 is 14.2 Å². The fourth-order valence-corrected chi connectivity index (χ4v) is 8.93. The van der Waals surface area contributed by atoms with Crippen LogP contribution in [0.25, 0.3) is 0 Å². The van der Waals surface area contributed by atoms with Crippen molar-refractivity contribution in [1.82, 2.24) is 0 Å². The smallest absolute Gasteiger partial charge is 0.136 e. The Kier molecular flexibility index (Phi) is 13.6. The van der Waals surface area contributed by atoms with Gasteiger partial charge in [-0.05, 0) is 105 Å². The summed E-state index contributed by atoms with van der Waals surface area (Å²) in [4.78, 5) is 8.86. The van der Waals surface area contributed by atoms with E-state index in [4.69, 9.17) is 19.0 Å². The van der Waals surface area contributed by atoms with E-state index in [1.807, 2.05) is 6.92 Å². The van der Waals surface area contributed by atoms with Crippen molar-refractivity contribution in [3.63, 3.8) is 0 Å². The molecule has 0 spiro atoms. The van der Waals surface area contributed by atoms with Crippen molar-refractivity contribution in [2.45, 2.75) is 118 Å². The average molecular weight is 565 g/mol. The SMILES string of the molecule is CCOCCOCCOC1CCC2(C)C(=CCC3C2CCC2(C)C(CCCCC(C)C)CCC32)C1.O=C=CCl. The lowest BCUT2D eigenvalue weighted by atomic mass is 9.47. The second-order valence-corrected chi connectivity index (χ2v) is 13.7. The molecule has 4 rings (SSSR count). The molecule has 0 saturated heterocycles. The molecule has 0 aromatic carbocycles.